The van der Waals surface area contributed by atoms with Gasteiger partial charge in [-0.1, -0.05) is 0 Å². The molecule has 23 heavy (non-hydrogen) atoms. The second-order valence-corrected chi connectivity index (χ2v) is 5.97. The summed E-state index contributed by atoms with van der Waals surface area (Å²) < 4.78 is 3.75. The summed E-state index contributed by atoms with van der Waals surface area (Å²) in [5, 5.41) is 7.44. The van der Waals surface area contributed by atoms with Gasteiger partial charge in [-0.25, -0.2) is 4.98 Å². The molecular weight excluding hydrogens is 290 g/mol. The van der Waals surface area contributed by atoms with Crippen molar-refractivity contribution in [2.24, 2.45) is 7.05 Å². The van der Waals surface area contributed by atoms with Crippen molar-refractivity contribution >= 4 is 11.4 Å². The summed E-state index contributed by atoms with van der Waals surface area (Å²) in [4.78, 5) is 16.6. The van der Waals surface area contributed by atoms with Gasteiger partial charge in [0.1, 0.15) is 5.69 Å². The number of carbonyl (C=O) groups excluding carboxylic acids is 1. The molecular formula is C17H21N5O. The minimum absolute atomic E-state index is 0.00825. The van der Waals surface area contributed by atoms with E-state index in [0.29, 0.717) is 5.69 Å². The number of carbonyl (C=O) groups is 1. The van der Waals surface area contributed by atoms with E-state index in [1.165, 1.54) is 5.56 Å². The number of hydrogen-bond acceptors (Lipinski definition) is 3. The van der Waals surface area contributed by atoms with E-state index >= 15 is 0 Å². The number of amides is 1. The van der Waals surface area contributed by atoms with Crippen LogP contribution in [0.5, 0.6) is 0 Å². The van der Waals surface area contributed by atoms with Gasteiger partial charge >= 0.3 is 0 Å². The number of nitrogens with one attached hydrogen (secondary N) is 1. The quantitative estimate of drug-likeness (QED) is 0.802. The van der Waals surface area contributed by atoms with E-state index in [-0.39, 0.29) is 11.9 Å². The van der Waals surface area contributed by atoms with Crippen molar-refractivity contribution in [1.29, 1.82) is 0 Å². The minimum atomic E-state index is -0.152. The monoisotopic (exact) mass is 311 g/mol. The van der Waals surface area contributed by atoms with Crippen LogP contribution in [0, 0.1) is 13.8 Å². The van der Waals surface area contributed by atoms with Gasteiger partial charge in [-0.15, -0.1) is 0 Å². The van der Waals surface area contributed by atoms with E-state index in [0.717, 1.165) is 23.3 Å². The van der Waals surface area contributed by atoms with E-state index < -0.39 is 0 Å². The van der Waals surface area contributed by atoms with Gasteiger partial charge in [0.15, 0.2) is 0 Å². The van der Waals surface area contributed by atoms with Crippen LogP contribution in [0.25, 0.3) is 5.52 Å². The highest BCUT2D eigenvalue weighted by molar-refractivity contribution is 5.93. The fourth-order valence-corrected chi connectivity index (χ4v) is 2.83. The first-order chi connectivity index (χ1) is 11.0. The molecule has 1 amide bonds. The number of aromatic nitrogens is 4. The summed E-state index contributed by atoms with van der Waals surface area (Å²) in [5.41, 5.74) is 4.73. The molecule has 0 saturated carbocycles. The fraction of sp³-hybridized carbons (Fsp3) is 0.353. The first kappa shape index (κ1) is 15.3. The van der Waals surface area contributed by atoms with Crippen molar-refractivity contribution in [3.05, 3.63) is 53.4 Å². The molecule has 0 aromatic carbocycles. The van der Waals surface area contributed by atoms with E-state index in [2.05, 4.69) is 15.4 Å². The Bertz CT molecular complexity index is 861. The van der Waals surface area contributed by atoms with Crippen molar-refractivity contribution in [3.63, 3.8) is 0 Å². The summed E-state index contributed by atoms with van der Waals surface area (Å²) in [5.74, 6) is -0.152. The molecule has 6 nitrogen and oxygen atoms in total. The maximum Gasteiger partial charge on any atom is 0.270 e. The van der Waals surface area contributed by atoms with Crippen LogP contribution >= 0.6 is 0 Å². The van der Waals surface area contributed by atoms with Crippen LogP contribution in [0.15, 0.2) is 30.7 Å². The Hall–Kier alpha value is -2.63. The zero-order chi connectivity index (χ0) is 16.6. The van der Waals surface area contributed by atoms with Gasteiger partial charge in [0.2, 0.25) is 0 Å². The highest BCUT2D eigenvalue weighted by Gasteiger charge is 2.16. The second-order valence-electron chi connectivity index (χ2n) is 5.97. The molecule has 0 aliphatic heterocycles. The third-order valence-corrected chi connectivity index (χ3v) is 4.20. The number of rotatable bonds is 4. The number of aryl methyl sites for hydroxylation is 2. The number of nitrogens with zero attached hydrogens (tertiary/aromatic N) is 4. The van der Waals surface area contributed by atoms with Gasteiger partial charge in [-0.2, -0.15) is 5.10 Å². The molecule has 3 rings (SSSR count). The molecule has 0 radical (unpaired) electrons. The molecule has 0 aliphatic carbocycles. The van der Waals surface area contributed by atoms with Crippen LogP contribution in [-0.4, -0.2) is 31.1 Å². The maximum absolute atomic E-state index is 12.4. The summed E-state index contributed by atoms with van der Waals surface area (Å²) in [6, 6.07) is 5.68. The minimum Gasteiger partial charge on any atom is -0.348 e. The molecule has 120 valence electrons. The SMILES string of the molecule is Cc1nn(C)c(C)c1CC(C)NC(=O)c1cc2cccn2cn1. The summed E-state index contributed by atoms with van der Waals surface area (Å²) in [6.45, 7) is 6.05. The molecule has 3 heterocycles. The Morgan fingerprint density at radius 3 is 2.87 bits per heavy atom. The molecule has 6 heteroatoms. The van der Waals surface area contributed by atoms with Crippen molar-refractivity contribution in [1.82, 2.24) is 24.5 Å². The van der Waals surface area contributed by atoms with Gasteiger partial charge in [-0.05, 0) is 51.0 Å². The molecule has 3 aromatic rings. The van der Waals surface area contributed by atoms with Crippen LogP contribution < -0.4 is 5.32 Å². The van der Waals surface area contributed by atoms with E-state index in [9.17, 15) is 4.79 Å². The van der Waals surface area contributed by atoms with Crippen LogP contribution in [0.1, 0.15) is 34.4 Å². The first-order valence-corrected chi connectivity index (χ1v) is 7.68. The average molecular weight is 311 g/mol. The largest absolute Gasteiger partial charge is 0.348 e. The lowest BCUT2D eigenvalue weighted by Gasteiger charge is -2.14. The number of hydrogen-bond donors (Lipinski definition) is 1. The molecule has 0 saturated heterocycles. The lowest BCUT2D eigenvalue weighted by atomic mass is 10.1. The Morgan fingerprint density at radius 2 is 2.17 bits per heavy atom. The Balaban J connectivity index is 1.71. The van der Waals surface area contributed by atoms with Crippen LogP contribution in [-0.2, 0) is 13.5 Å². The Kier molecular flexibility index (Phi) is 3.90. The lowest BCUT2D eigenvalue weighted by Crippen LogP contribution is -2.34. The molecule has 0 spiro atoms. The molecule has 3 aromatic heterocycles. The predicted octanol–water partition coefficient (Wildman–Crippen LogP) is 2.05. The van der Waals surface area contributed by atoms with Crippen molar-refractivity contribution in [2.45, 2.75) is 33.2 Å². The van der Waals surface area contributed by atoms with Gasteiger partial charge in [0.05, 0.1) is 12.0 Å². The molecule has 0 aliphatic rings. The maximum atomic E-state index is 12.4. The zero-order valence-corrected chi connectivity index (χ0v) is 13.9. The van der Waals surface area contributed by atoms with Crippen LogP contribution in [0.3, 0.4) is 0 Å². The van der Waals surface area contributed by atoms with Crippen molar-refractivity contribution in [2.75, 3.05) is 0 Å². The third kappa shape index (κ3) is 2.97. The standard InChI is InChI=1S/C17H21N5O/c1-11(8-15-12(2)20-21(4)13(15)3)19-17(23)16-9-14-6-5-7-22(14)10-18-16/h5-7,9-11H,8H2,1-4H3,(H,19,23). The Labute approximate surface area is 135 Å². The van der Waals surface area contributed by atoms with Crippen molar-refractivity contribution in [3.8, 4) is 0 Å². The molecule has 1 unspecified atom stereocenters. The number of fused-ring (bicyclic) bond motifs is 1. The highest BCUT2D eigenvalue weighted by Crippen LogP contribution is 2.14. The molecule has 1 atom stereocenters. The van der Waals surface area contributed by atoms with Gasteiger partial charge in [-0.3, -0.25) is 9.48 Å². The van der Waals surface area contributed by atoms with Crippen LogP contribution in [0.2, 0.25) is 0 Å². The van der Waals surface area contributed by atoms with Crippen LogP contribution in [0.4, 0.5) is 0 Å². The molecule has 0 bridgehead atoms. The summed E-state index contributed by atoms with van der Waals surface area (Å²) >= 11 is 0. The third-order valence-electron chi connectivity index (χ3n) is 4.20. The predicted molar refractivity (Wildman–Crippen MR) is 88.5 cm³/mol. The van der Waals surface area contributed by atoms with E-state index in [4.69, 9.17) is 0 Å². The van der Waals surface area contributed by atoms with E-state index in [1.807, 2.05) is 55.2 Å². The highest BCUT2D eigenvalue weighted by atomic mass is 16.1. The summed E-state index contributed by atoms with van der Waals surface area (Å²) in [7, 11) is 1.94. The summed E-state index contributed by atoms with van der Waals surface area (Å²) in [6.07, 6.45) is 4.32. The lowest BCUT2D eigenvalue weighted by molar-refractivity contribution is 0.0935. The normalized spacial score (nSPS) is 12.5. The Morgan fingerprint density at radius 1 is 1.39 bits per heavy atom. The van der Waals surface area contributed by atoms with Gasteiger partial charge in [0, 0.05) is 30.5 Å². The van der Waals surface area contributed by atoms with Gasteiger partial charge in [0.25, 0.3) is 5.91 Å². The van der Waals surface area contributed by atoms with Crippen molar-refractivity contribution < 1.29 is 4.79 Å². The second kappa shape index (κ2) is 5.87. The fourth-order valence-electron chi connectivity index (χ4n) is 2.83. The smallest absolute Gasteiger partial charge is 0.270 e. The van der Waals surface area contributed by atoms with E-state index in [1.54, 1.807) is 12.4 Å². The van der Waals surface area contributed by atoms with Gasteiger partial charge < -0.3 is 9.72 Å². The molecule has 1 N–H and O–H groups in total. The molecule has 0 fully saturated rings. The first-order valence-electron chi connectivity index (χ1n) is 7.68. The zero-order valence-electron chi connectivity index (χ0n) is 13.9. The average Bonchev–Trinajstić information content (AvgIpc) is 3.06. The topological polar surface area (TPSA) is 64.2 Å².